The van der Waals surface area contributed by atoms with Crippen LogP contribution in [0.5, 0.6) is 5.75 Å². The molecule has 1 amide bonds. The first-order valence-electron chi connectivity index (χ1n) is 4.22. The van der Waals surface area contributed by atoms with Crippen molar-refractivity contribution < 1.29 is 14.3 Å². The molecule has 0 aliphatic rings. The Morgan fingerprint density at radius 1 is 1.53 bits per heavy atom. The third-order valence-corrected chi connectivity index (χ3v) is 2.24. The predicted molar refractivity (Wildman–Crippen MR) is 51.4 cm³/mol. The van der Waals surface area contributed by atoms with Crippen LogP contribution in [0.3, 0.4) is 0 Å². The van der Waals surface area contributed by atoms with Crippen molar-refractivity contribution in [2.24, 2.45) is 7.05 Å². The fourth-order valence-corrected chi connectivity index (χ4v) is 1.18. The summed E-state index contributed by atoms with van der Waals surface area (Å²) in [7, 11) is 2.62. The summed E-state index contributed by atoms with van der Waals surface area (Å²) in [5, 5.41) is 11.5. The van der Waals surface area contributed by atoms with Crippen LogP contribution in [0.1, 0.15) is 16.1 Å². The summed E-state index contributed by atoms with van der Waals surface area (Å²) in [6.45, 7) is 1.34. The average Bonchev–Trinajstić information content (AvgIpc) is 2.23. The van der Waals surface area contributed by atoms with Crippen LogP contribution >= 0.6 is 0 Å². The summed E-state index contributed by atoms with van der Waals surface area (Å²) in [5.41, 5.74) is -1.33. The molecule has 82 valence electrons. The summed E-state index contributed by atoms with van der Waals surface area (Å²) >= 11 is 0. The minimum absolute atomic E-state index is 0.0230. The molecule has 1 aromatic rings. The zero-order valence-corrected chi connectivity index (χ0v) is 8.59. The van der Waals surface area contributed by atoms with Crippen LogP contribution in [-0.2, 0) is 7.05 Å². The van der Waals surface area contributed by atoms with Crippen LogP contribution in [0.2, 0.25) is 0 Å². The van der Waals surface area contributed by atoms with Gasteiger partial charge in [0.25, 0.3) is 11.5 Å². The largest absolute Gasteiger partial charge is 0.504 e. The molecule has 0 saturated carbocycles. The van der Waals surface area contributed by atoms with E-state index in [-0.39, 0.29) is 5.69 Å². The second-order valence-electron chi connectivity index (χ2n) is 3.07. The lowest BCUT2D eigenvalue weighted by atomic mass is 10.2. The maximum absolute atomic E-state index is 13.3. The number of aromatic nitrogens is 1. The Hall–Kier alpha value is -1.85. The fourth-order valence-electron chi connectivity index (χ4n) is 1.18. The number of hydrogen-bond donors (Lipinski definition) is 2. The fraction of sp³-hybridized carbons (Fsp3) is 0.333. The number of rotatable bonds is 1. The van der Waals surface area contributed by atoms with Crippen LogP contribution in [0.15, 0.2) is 4.79 Å². The van der Waals surface area contributed by atoms with Gasteiger partial charge in [0.2, 0.25) is 0 Å². The molecule has 0 spiro atoms. The molecule has 6 heteroatoms. The topological polar surface area (TPSA) is 71.3 Å². The highest BCUT2D eigenvalue weighted by Gasteiger charge is 2.22. The molecule has 1 aromatic heterocycles. The maximum atomic E-state index is 13.3. The van der Waals surface area contributed by atoms with Gasteiger partial charge in [-0.1, -0.05) is 0 Å². The highest BCUT2D eigenvalue weighted by Crippen LogP contribution is 2.20. The SMILES string of the molecule is CNC(=O)c1c(O)c(F)c(C)n(C)c1=O. The Labute approximate surface area is 85.2 Å². The quantitative estimate of drug-likeness (QED) is 0.685. The van der Waals surface area contributed by atoms with Gasteiger partial charge in [-0.3, -0.25) is 9.59 Å². The van der Waals surface area contributed by atoms with E-state index >= 15 is 0 Å². The molecule has 0 bridgehead atoms. The predicted octanol–water partition coefficient (Wildman–Crippen LogP) is -0.102. The molecule has 5 nitrogen and oxygen atoms in total. The highest BCUT2D eigenvalue weighted by atomic mass is 19.1. The second-order valence-corrected chi connectivity index (χ2v) is 3.07. The molecule has 1 rings (SSSR count). The molecular formula is C9H11FN2O3. The van der Waals surface area contributed by atoms with E-state index in [4.69, 9.17) is 0 Å². The van der Waals surface area contributed by atoms with E-state index in [1.165, 1.54) is 21.0 Å². The van der Waals surface area contributed by atoms with Crippen molar-refractivity contribution in [2.45, 2.75) is 6.92 Å². The van der Waals surface area contributed by atoms with Crippen molar-refractivity contribution in [2.75, 3.05) is 7.05 Å². The number of amides is 1. The van der Waals surface area contributed by atoms with Crippen molar-refractivity contribution in [1.82, 2.24) is 9.88 Å². The van der Waals surface area contributed by atoms with Crippen LogP contribution in [0.25, 0.3) is 0 Å². The summed E-state index contributed by atoms with van der Waals surface area (Å²) in [4.78, 5) is 22.8. The van der Waals surface area contributed by atoms with E-state index in [1.807, 2.05) is 0 Å². The highest BCUT2D eigenvalue weighted by molar-refractivity contribution is 5.96. The molecule has 1 heterocycles. The van der Waals surface area contributed by atoms with Gasteiger partial charge in [0.05, 0.1) is 5.69 Å². The van der Waals surface area contributed by atoms with Crippen LogP contribution in [-0.4, -0.2) is 22.6 Å². The van der Waals surface area contributed by atoms with Crippen LogP contribution < -0.4 is 10.9 Å². The summed E-state index contributed by atoms with van der Waals surface area (Å²) in [5.74, 6) is -2.68. The zero-order valence-electron chi connectivity index (χ0n) is 8.59. The van der Waals surface area contributed by atoms with Gasteiger partial charge in [-0.2, -0.15) is 0 Å². The first-order valence-corrected chi connectivity index (χ1v) is 4.22. The van der Waals surface area contributed by atoms with E-state index in [2.05, 4.69) is 5.32 Å². The lowest BCUT2D eigenvalue weighted by Crippen LogP contribution is -2.32. The van der Waals surface area contributed by atoms with Gasteiger partial charge in [0.1, 0.15) is 5.56 Å². The molecule has 2 N–H and O–H groups in total. The first kappa shape index (κ1) is 11.2. The molecule has 15 heavy (non-hydrogen) atoms. The third kappa shape index (κ3) is 1.58. The smallest absolute Gasteiger partial charge is 0.267 e. The molecule has 0 aliphatic carbocycles. The third-order valence-electron chi connectivity index (χ3n) is 2.24. The Morgan fingerprint density at radius 2 is 2.07 bits per heavy atom. The summed E-state index contributed by atoms with van der Waals surface area (Å²) in [6, 6.07) is 0. The molecule has 0 radical (unpaired) electrons. The lowest BCUT2D eigenvalue weighted by Gasteiger charge is -2.09. The maximum Gasteiger partial charge on any atom is 0.267 e. The summed E-state index contributed by atoms with van der Waals surface area (Å²) < 4.78 is 14.3. The van der Waals surface area contributed by atoms with E-state index in [0.717, 1.165) is 4.57 Å². The van der Waals surface area contributed by atoms with E-state index in [0.29, 0.717) is 0 Å². The van der Waals surface area contributed by atoms with E-state index in [1.54, 1.807) is 0 Å². The molecule has 0 unspecified atom stereocenters. The number of aromatic hydroxyl groups is 1. The number of hydrogen-bond acceptors (Lipinski definition) is 3. The number of pyridine rings is 1. The van der Waals surface area contributed by atoms with Gasteiger partial charge >= 0.3 is 0 Å². The second kappa shape index (κ2) is 3.72. The van der Waals surface area contributed by atoms with Gasteiger partial charge in [0, 0.05) is 14.1 Å². The number of nitrogens with zero attached hydrogens (tertiary/aromatic N) is 1. The van der Waals surface area contributed by atoms with Gasteiger partial charge < -0.3 is 15.0 Å². The van der Waals surface area contributed by atoms with Crippen molar-refractivity contribution in [3.05, 3.63) is 27.4 Å². The monoisotopic (exact) mass is 214 g/mol. The first-order chi connectivity index (χ1) is 6.91. The summed E-state index contributed by atoms with van der Waals surface area (Å²) in [6.07, 6.45) is 0. The standard InChI is InChI=1S/C9H11FN2O3/c1-4-6(10)7(13)5(8(14)11-2)9(15)12(4)3/h13H,1-3H3,(H,11,14). The van der Waals surface area contributed by atoms with Crippen molar-refractivity contribution >= 4 is 5.91 Å². The van der Waals surface area contributed by atoms with E-state index < -0.39 is 28.6 Å². The van der Waals surface area contributed by atoms with Gasteiger partial charge in [-0.15, -0.1) is 0 Å². The van der Waals surface area contributed by atoms with Crippen molar-refractivity contribution in [3.63, 3.8) is 0 Å². The Balaban J connectivity index is 3.68. The van der Waals surface area contributed by atoms with Gasteiger partial charge in [0.15, 0.2) is 11.6 Å². The molecular weight excluding hydrogens is 203 g/mol. The number of carbonyl (C=O) groups excluding carboxylic acids is 1. The minimum atomic E-state index is -0.962. The molecule has 0 aliphatic heterocycles. The molecule has 0 saturated heterocycles. The number of nitrogens with one attached hydrogen (secondary N) is 1. The van der Waals surface area contributed by atoms with E-state index in [9.17, 15) is 19.1 Å². The number of halogens is 1. The number of carbonyl (C=O) groups is 1. The molecule has 0 fully saturated rings. The lowest BCUT2D eigenvalue weighted by molar-refractivity contribution is 0.0957. The molecule has 0 aromatic carbocycles. The normalized spacial score (nSPS) is 10.1. The Bertz CT molecular complexity index is 479. The van der Waals surface area contributed by atoms with Crippen LogP contribution in [0.4, 0.5) is 4.39 Å². The van der Waals surface area contributed by atoms with Gasteiger partial charge in [-0.05, 0) is 6.92 Å². The van der Waals surface area contributed by atoms with Crippen molar-refractivity contribution in [3.8, 4) is 5.75 Å². The minimum Gasteiger partial charge on any atom is -0.504 e. The van der Waals surface area contributed by atoms with Gasteiger partial charge in [-0.25, -0.2) is 4.39 Å². The average molecular weight is 214 g/mol. The van der Waals surface area contributed by atoms with Crippen LogP contribution in [0, 0.1) is 12.7 Å². The zero-order chi connectivity index (χ0) is 11.7. The molecule has 0 atom stereocenters. The van der Waals surface area contributed by atoms with Crippen molar-refractivity contribution in [1.29, 1.82) is 0 Å². The Morgan fingerprint density at radius 3 is 2.53 bits per heavy atom. The Kier molecular flexibility index (Phi) is 2.78.